The van der Waals surface area contributed by atoms with E-state index >= 15 is 0 Å². The minimum absolute atomic E-state index is 0.584. The van der Waals surface area contributed by atoms with Gasteiger partial charge in [-0.2, -0.15) is 4.98 Å². The molecule has 18 heavy (non-hydrogen) atoms. The summed E-state index contributed by atoms with van der Waals surface area (Å²) in [6.07, 6.45) is 7.90. The smallest absolute Gasteiger partial charge is 0.224 e. The highest BCUT2D eigenvalue weighted by molar-refractivity contribution is 5.40. The summed E-state index contributed by atoms with van der Waals surface area (Å²) in [5, 5.41) is 6.67. The summed E-state index contributed by atoms with van der Waals surface area (Å²) >= 11 is 0. The molecular formula is C13H22N4O. The van der Waals surface area contributed by atoms with E-state index < -0.39 is 0 Å². The number of anilines is 2. The van der Waals surface area contributed by atoms with Crippen LogP contribution < -0.4 is 10.6 Å². The van der Waals surface area contributed by atoms with Crippen molar-refractivity contribution in [3.63, 3.8) is 0 Å². The van der Waals surface area contributed by atoms with Gasteiger partial charge in [0.25, 0.3) is 0 Å². The van der Waals surface area contributed by atoms with Gasteiger partial charge in [0.05, 0.1) is 0 Å². The standard InChI is InChI=1S/C13H22N4O/c1-18-10-4-8-14-13-15-9-7-12(17-13)16-11-5-2-3-6-11/h7,9,11H,2-6,8,10H2,1H3,(H2,14,15,16,17). The SMILES string of the molecule is COCCCNc1nccc(NC2CCCC2)n1. The van der Waals surface area contributed by atoms with E-state index in [2.05, 4.69) is 20.6 Å². The van der Waals surface area contributed by atoms with Gasteiger partial charge in [-0.05, 0) is 25.3 Å². The Balaban J connectivity index is 1.80. The molecule has 5 heteroatoms. The molecule has 1 saturated carbocycles. The van der Waals surface area contributed by atoms with Crippen LogP contribution in [0.2, 0.25) is 0 Å². The Kier molecular flexibility index (Phi) is 5.20. The normalized spacial score (nSPS) is 15.8. The molecule has 0 amide bonds. The van der Waals surface area contributed by atoms with Crippen LogP contribution in [-0.4, -0.2) is 36.3 Å². The summed E-state index contributed by atoms with van der Waals surface area (Å²) in [4.78, 5) is 8.67. The number of methoxy groups -OCH3 is 1. The monoisotopic (exact) mass is 250 g/mol. The van der Waals surface area contributed by atoms with Crippen LogP contribution in [-0.2, 0) is 4.74 Å². The second-order valence-electron chi connectivity index (χ2n) is 4.66. The summed E-state index contributed by atoms with van der Waals surface area (Å²) in [6, 6.07) is 2.51. The number of nitrogens with one attached hydrogen (secondary N) is 2. The highest BCUT2D eigenvalue weighted by atomic mass is 16.5. The fraction of sp³-hybridized carbons (Fsp3) is 0.692. The Morgan fingerprint density at radius 3 is 3.00 bits per heavy atom. The van der Waals surface area contributed by atoms with Crippen molar-refractivity contribution >= 4 is 11.8 Å². The summed E-state index contributed by atoms with van der Waals surface area (Å²) < 4.78 is 5.00. The summed E-state index contributed by atoms with van der Waals surface area (Å²) in [7, 11) is 1.71. The average molecular weight is 250 g/mol. The minimum Gasteiger partial charge on any atom is -0.385 e. The molecule has 0 spiro atoms. The van der Waals surface area contributed by atoms with Gasteiger partial charge < -0.3 is 15.4 Å². The molecule has 1 heterocycles. The van der Waals surface area contributed by atoms with E-state index in [1.54, 1.807) is 13.3 Å². The van der Waals surface area contributed by atoms with E-state index in [0.717, 1.165) is 25.4 Å². The van der Waals surface area contributed by atoms with Crippen LogP contribution in [0.3, 0.4) is 0 Å². The van der Waals surface area contributed by atoms with E-state index in [0.29, 0.717) is 12.0 Å². The van der Waals surface area contributed by atoms with Gasteiger partial charge >= 0.3 is 0 Å². The van der Waals surface area contributed by atoms with Crippen molar-refractivity contribution in [2.75, 3.05) is 30.9 Å². The molecule has 0 unspecified atom stereocenters. The number of nitrogens with zero attached hydrogens (tertiary/aromatic N) is 2. The average Bonchev–Trinajstić information content (AvgIpc) is 2.88. The molecule has 0 radical (unpaired) electrons. The lowest BCUT2D eigenvalue weighted by Gasteiger charge is -2.13. The molecule has 1 aromatic heterocycles. The van der Waals surface area contributed by atoms with E-state index in [1.807, 2.05) is 6.07 Å². The Hall–Kier alpha value is -1.36. The van der Waals surface area contributed by atoms with Gasteiger partial charge in [-0.3, -0.25) is 0 Å². The zero-order chi connectivity index (χ0) is 12.6. The zero-order valence-electron chi connectivity index (χ0n) is 11.0. The number of hydrogen-bond donors (Lipinski definition) is 2. The molecule has 1 fully saturated rings. The first-order valence-corrected chi connectivity index (χ1v) is 6.71. The predicted molar refractivity (Wildman–Crippen MR) is 72.9 cm³/mol. The first-order chi connectivity index (χ1) is 8.88. The van der Waals surface area contributed by atoms with Crippen molar-refractivity contribution in [2.24, 2.45) is 0 Å². The fourth-order valence-electron chi connectivity index (χ4n) is 2.22. The van der Waals surface area contributed by atoms with Crippen LogP contribution in [0.4, 0.5) is 11.8 Å². The number of rotatable bonds is 7. The van der Waals surface area contributed by atoms with Crippen molar-refractivity contribution < 1.29 is 4.74 Å². The first kappa shape index (κ1) is 13.1. The summed E-state index contributed by atoms with van der Waals surface area (Å²) in [5.74, 6) is 1.61. The van der Waals surface area contributed by atoms with Crippen LogP contribution in [0.15, 0.2) is 12.3 Å². The predicted octanol–water partition coefficient (Wildman–Crippen LogP) is 2.28. The third-order valence-corrected chi connectivity index (χ3v) is 3.17. The van der Waals surface area contributed by atoms with Crippen LogP contribution in [0.25, 0.3) is 0 Å². The van der Waals surface area contributed by atoms with Gasteiger partial charge in [-0.15, -0.1) is 0 Å². The summed E-state index contributed by atoms with van der Waals surface area (Å²) in [5.41, 5.74) is 0. The molecule has 5 nitrogen and oxygen atoms in total. The van der Waals surface area contributed by atoms with Crippen molar-refractivity contribution in [3.05, 3.63) is 12.3 Å². The number of aromatic nitrogens is 2. The zero-order valence-corrected chi connectivity index (χ0v) is 11.0. The topological polar surface area (TPSA) is 59.1 Å². The second-order valence-corrected chi connectivity index (χ2v) is 4.66. The van der Waals surface area contributed by atoms with Gasteiger partial charge in [-0.1, -0.05) is 12.8 Å². The Morgan fingerprint density at radius 1 is 1.39 bits per heavy atom. The molecule has 2 rings (SSSR count). The van der Waals surface area contributed by atoms with Crippen LogP contribution in [0, 0.1) is 0 Å². The van der Waals surface area contributed by atoms with Crippen LogP contribution in [0.5, 0.6) is 0 Å². The van der Waals surface area contributed by atoms with Gasteiger partial charge in [0.1, 0.15) is 5.82 Å². The number of hydrogen-bond acceptors (Lipinski definition) is 5. The van der Waals surface area contributed by atoms with E-state index in [-0.39, 0.29) is 0 Å². The Labute approximate surface area is 108 Å². The van der Waals surface area contributed by atoms with Gasteiger partial charge in [0, 0.05) is 32.5 Å². The first-order valence-electron chi connectivity index (χ1n) is 6.71. The molecule has 1 aliphatic carbocycles. The van der Waals surface area contributed by atoms with E-state index in [4.69, 9.17) is 4.74 Å². The highest BCUT2D eigenvalue weighted by Crippen LogP contribution is 2.21. The van der Waals surface area contributed by atoms with Crippen LogP contribution in [0.1, 0.15) is 32.1 Å². The maximum absolute atomic E-state index is 5.00. The molecule has 100 valence electrons. The van der Waals surface area contributed by atoms with Crippen molar-refractivity contribution in [1.82, 2.24) is 9.97 Å². The molecule has 0 aromatic carbocycles. The third kappa shape index (κ3) is 4.14. The molecule has 1 aliphatic rings. The molecule has 0 saturated heterocycles. The largest absolute Gasteiger partial charge is 0.385 e. The minimum atomic E-state index is 0.584. The second kappa shape index (κ2) is 7.16. The van der Waals surface area contributed by atoms with Gasteiger partial charge in [-0.25, -0.2) is 4.98 Å². The highest BCUT2D eigenvalue weighted by Gasteiger charge is 2.14. The molecule has 0 bridgehead atoms. The lowest BCUT2D eigenvalue weighted by atomic mass is 10.2. The fourth-order valence-corrected chi connectivity index (χ4v) is 2.22. The maximum Gasteiger partial charge on any atom is 0.224 e. The maximum atomic E-state index is 5.00. The van der Waals surface area contributed by atoms with Gasteiger partial charge in [0.2, 0.25) is 5.95 Å². The van der Waals surface area contributed by atoms with Gasteiger partial charge in [0.15, 0.2) is 0 Å². The quantitative estimate of drug-likeness (QED) is 0.727. The van der Waals surface area contributed by atoms with E-state index in [9.17, 15) is 0 Å². The lowest BCUT2D eigenvalue weighted by Crippen LogP contribution is -2.16. The number of ether oxygens (including phenoxy) is 1. The van der Waals surface area contributed by atoms with Crippen molar-refractivity contribution in [2.45, 2.75) is 38.1 Å². The lowest BCUT2D eigenvalue weighted by molar-refractivity contribution is 0.197. The van der Waals surface area contributed by atoms with Crippen LogP contribution >= 0.6 is 0 Å². The van der Waals surface area contributed by atoms with E-state index in [1.165, 1.54) is 25.7 Å². The molecule has 0 atom stereocenters. The molecular weight excluding hydrogens is 228 g/mol. The third-order valence-electron chi connectivity index (χ3n) is 3.17. The molecule has 0 aliphatic heterocycles. The Bertz CT molecular complexity index is 353. The Morgan fingerprint density at radius 2 is 2.22 bits per heavy atom. The van der Waals surface area contributed by atoms with Crippen molar-refractivity contribution in [3.8, 4) is 0 Å². The molecule has 2 N–H and O–H groups in total. The summed E-state index contributed by atoms with van der Waals surface area (Å²) in [6.45, 7) is 1.59. The van der Waals surface area contributed by atoms with Crippen molar-refractivity contribution in [1.29, 1.82) is 0 Å². The molecule has 1 aromatic rings.